The van der Waals surface area contributed by atoms with E-state index in [4.69, 9.17) is 4.42 Å². The fraction of sp³-hybridized carbons (Fsp3) is 0. The molecular weight excluding hydrogens is 509 g/mol. The van der Waals surface area contributed by atoms with Crippen LogP contribution < -0.4 is 0 Å². The number of aliphatic carboxylic acids is 1. The minimum absolute atomic E-state index is 0.00856. The van der Waals surface area contributed by atoms with Gasteiger partial charge in [0.25, 0.3) is 5.22 Å². The van der Waals surface area contributed by atoms with Gasteiger partial charge in [0.1, 0.15) is 16.2 Å². The van der Waals surface area contributed by atoms with Crippen molar-refractivity contribution in [2.75, 3.05) is 0 Å². The highest BCUT2D eigenvalue weighted by Gasteiger charge is 2.16. The van der Waals surface area contributed by atoms with Gasteiger partial charge in [0.15, 0.2) is 5.58 Å². The number of thioether (sulfide) groups is 1. The van der Waals surface area contributed by atoms with Gasteiger partial charge in [-0.3, -0.25) is 0 Å². The molecule has 1 heterocycles. The van der Waals surface area contributed by atoms with Gasteiger partial charge in [0, 0.05) is 10.0 Å². The van der Waals surface area contributed by atoms with Crippen molar-refractivity contribution in [1.29, 1.82) is 0 Å². The SMILES string of the molecule is O=C(O)/C(=C/c1cc(Br)cc(I)c1O)Sc1nc2ccccc2o1. The summed E-state index contributed by atoms with van der Waals surface area (Å²) in [5.41, 5.74) is 1.64. The lowest BCUT2D eigenvalue weighted by atomic mass is 10.2. The third kappa shape index (κ3) is 3.76. The van der Waals surface area contributed by atoms with Crippen molar-refractivity contribution >= 4 is 73.4 Å². The zero-order valence-electron chi connectivity index (χ0n) is 11.9. The number of rotatable bonds is 4. The van der Waals surface area contributed by atoms with Crippen LogP contribution in [0, 0.1) is 3.57 Å². The number of carboxylic acids is 1. The van der Waals surface area contributed by atoms with Crippen LogP contribution >= 0.6 is 50.3 Å². The van der Waals surface area contributed by atoms with Gasteiger partial charge in [0.05, 0.1) is 3.57 Å². The van der Waals surface area contributed by atoms with E-state index >= 15 is 0 Å². The molecule has 2 aromatic carbocycles. The average Bonchev–Trinajstić information content (AvgIpc) is 2.93. The van der Waals surface area contributed by atoms with Gasteiger partial charge >= 0.3 is 5.97 Å². The Labute approximate surface area is 163 Å². The highest BCUT2D eigenvalue weighted by molar-refractivity contribution is 14.1. The molecule has 0 amide bonds. The standard InChI is InChI=1S/C16H9BrINO4S/c17-9-5-8(14(20)10(18)7-9)6-13(15(21)22)24-16-19-11-3-1-2-4-12(11)23-16/h1-7,20H,(H,21,22)/b13-6-. The molecule has 3 rings (SSSR count). The smallest absolute Gasteiger partial charge is 0.342 e. The second-order valence-electron chi connectivity index (χ2n) is 4.69. The van der Waals surface area contributed by atoms with E-state index in [0.717, 1.165) is 16.2 Å². The number of carboxylic acid groups (broad SMARTS) is 1. The largest absolute Gasteiger partial charge is 0.506 e. The Hall–Kier alpha value is -1.52. The van der Waals surface area contributed by atoms with E-state index in [9.17, 15) is 15.0 Å². The summed E-state index contributed by atoms with van der Waals surface area (Å²) in [7, 11) is 0. The fourth-order valence-corrected chi connectivity index (χ4v) is 4.25. The van der Waals surface area contributed by atoms with Gasteiger partial charge in [-0.25, -0.2) is 9.78 Å². The first-order valence-electron chi connectivity index (χ1n) is 6.60. The molecule has 0 radical (unpaired) electrons. The Bertz CT molecular complexity index is 937. The van der Waals surface area contributed by atoms with Gasteiger partial charge in [-0.05, 0) is 64.7 Å². The van der Waals surface area contributed by atoms with Gasteiger partial charge in [-0.1, -0.05) is 28.1 Å². The number of aromatic nitrogens is 1. The van der Waals surface area contributed by atoms with Crippen molar-refractivity contribution in [3.8, 4) is 5.75 Å². The summed E-state index contributed by atoms with van der Waals surface area (Å²) in [6.07, 6.45) is 1.39. The number of hydrogen-bond acceptors (Lipinski definition) is 5. The number of nitrogens with zero attached hydrogens (tertiary/aromatic N) is 1. The molecule has 0 saturated carbocycles. The number of fused-ring (bicyclic) bond motifs is 1. The van der Waals surface area contributed by atoms with Crippen molar-refractivity contribution in [3.05, 3.63) is 54.9 Å². The van der Waals surface area contributed by atoms with Crippen LogP contribution in [0.4, 0.5) is 0 Å². The van der Waals surface area contributed by atoms with E-state index in [1.807, 2.05) is 34.7 Å². The third-order valence-electron chi connectivity index (χ3n) is 3.03. The van der Waals surface area contributed by atoms with E-state index in [1.165, 1.54) is 6.08 Å². The van der Waals surface area contributed by atoms with Gasteiger partial charge in [-0.15, -0.1) is 0 Å². The number of aromatic hydroxyl groups is 1. The van der Waals surface area contributed by atoms with Crippen LogP contribution in [0.3, 0.4) is 0 Å². The normalized spacial score (nSPS) is 11.8. The van der Waals surface area contributed by atoms with E-state index < -0.39 is 5.97 Å². The molecule has 0 aliphatic carbocycles. The first-order chi connectivity index (χ1) is 11.4. The lowest BCUT2D eigenvalue weighted by molar-refractivity contribution is -0.131. The minimum Gasteiger partial charge on any atom is -0.506 e. The Morgan fingerprint density at radius 3 is 2.79 bits per heavy atom. The maximum atomic E-state index is 11.6. The molecule has 24 heavy (non-hydrogen) atoms. The second-order valence-corrected chi connectivity index (χ2v) is 7.76. The summed E-state index contributed by atoms with van der Waals surface area (Å²) < 4.78 is 6.90. The molecule has 1 aromatic heterocycles. The molecule has 0 unspecified atom stereocenters. The maximum absolute atomic E-state index is 11.6. The Balaban J connectivity index is 1.99. The molecular formula is C16H9BrINO4S. The van der Waals surface area contributed by atoms with Crippen LogP contribution in [-0.2, 0) is 4.79 Å². The van der Waals surface area contributed by atoms with Crippen molar-refractivity contribution < 1.29 is 19.4 Å². The molecule has 8 heteroatoms. The number of halogens is 2. The van der Waals surface area contributed by atoms with Crippen molar-refractivity contribution in [3.63, 3.8) is 0 Å². The Kier molecular flexibility index (Phi) is 5.16. The predicted molar refractivity (Wildman–Crippen MR) is 104 cm³/mol. The molecule has 3 aromatic rings. The number of phenols is 1. The van der Waals surface area contributed by atoms with E-state index in [2.05, 4.69) is 20.9 Å². The summed E-state index contributed by atoms with van der Waals surface area (Å²) >= 11 is 6.21. The molecule has 122 valence electrons. The Morgan fingerprint density at radius 2 is 2.08 bits per heavy atom. The number of phenolic OH excluding ortho intramolecular Hbond substituents is 1. The number of carbonyl (C=O) groups is 1. The lowest BCUT2D eigenvalue weighted by Gasteiger charge is -2.05. The predicted octanol–water partition coefficient (Wildman–Crippen LogP) is 5.12. The maximum Gasteiger partial charge on any atom is 0.342 e. The first-order valence-corrected chi connectivity index (χ1v) is 9.29. The molecule has 0 aliphatic heterocycles. The van der Waals surface area contributed by atoms with Gasteiger partial charge < -0.3 is 14.6 Å². The molecule has 5 nitrogen and oxygen atoms in total. The minimum atomic E-state index is -1.13. The molecule has 0 fully saturated rings. The van der Waals surface area contributed by atoms with Crippen molar-refractivity contribution in [2.45, 2.75) is 5.22 Å². The summed E-state index contributed by atoms with van der Waals surface area (Å²) in [4.78, 5) is 15.8. The van der Waals surface area contributed by atoms with Crippen LogP contribution in [0.25, 0.3) is 17.2 Å². The quantitative estimate of drug-likeness (QED) is 0.284. The Morgan fingerprint density at radius 1 is 1.33 bits per heavy atom. The number of benzene rings is 2. The lowest BCUT2D eigenvalue weighted by Crippen LogP contribution is -1.97. The highest BCUT2D eigenvalue weighted by atomic mass is 127. The number of para-hydroxylation sites is 2. The van der Waals surface area contributed by atoms with Crippen molar-refractivity contribution in [2.24, 2.45) is 0 Å². The van der Waals surface area contributed by atoms with Gasteiger partial charge in [0.2, 0.25) is 0 Å². The summed E-state index contributed by atoms with van der Waals surface area (Å²) in [5.74, 6) is -1.10. The van der Waals surface area contributed by atoms with Crippen LogP contribution in [0.1, 0.15) is 5.56 Å². The van der Waals surface area contributed by atoms with E-state index in [-0.39, 0.29) is 15.9 Å². The molecule has 0 saturated heterocycles. The van der Waals surface area contributed by atoms with E-state index in [1.54, 1.807) is 24.3 Å². The first kappa shape index (κ1) is 17.3. The molecule has 0 spiro atoms. The zero-order valence-corrected chi connectivity index (χ0v) is 16.4. The summed E-state index contributed by atoms with van der Waals surface area (Å²) in [6.45, 7) is 0. The van der Waals surface area contributed by atoms with Crippen LogP contribution in [0.15, 0.2) is 55.4 Å². The number of oxazole rings is 1. The summed E-state index contributed by atoms with van der Waals surface area (Å²) in [6, 6.07) is 10.6. The third-order valence-corrected chi connectivity index (χ3v) is 5.17. The molecule has 0 aliphatic rings. The monoisotopic (exact) mass is 517 g/mol. The van der Waals surface area contributed by atoms with Crippen LogP contribution in [0.2, 0.25) is 0 Å². The van der Waals surface area contributed by atoms with Crippen molar-refractivity contribution in [1.82, 2.24) is 4.98 Å². The summed E-state index contributed by atoms with van der Waals surface area (Å²) in [5, 5.41) is 19.8. The van der Waals surface area contributed by atoms with Gasteiger partial charge in [-0.2, -0.15) is 0 Å². The van der Waals surface area contributed by atoms with E-state index in [0.29, 0.717) is 20.2 Å². The fourth-order valence-electron chi connectivity index (χ4n) is 1.96. The molecule has 2 N–H and O–H groups in total. The van der Waals surface area contributed by atoms with Crippen LogP contribution in [0.5, 0.6) is 5.75 Å². The molecule has 0 atom stereocenters. The molecule has 0 bridgehead atoms. The number of hydrogen-bond donors (Lipinski definition) is 2. The second kappa shape index (κ2) is 7.16. The average molecular weight is 518 g/mol. The topological polar surface area (TPSA) is 83.6 Å². The van der Waals surface area contributed by atoms with Crippen LogP contribution in [-0.4, -0.2) is 21.2 Å². The highest BCUT2D eigenvalue weighted by Crippen LogP contribution is 2.34. The zero-order chi connectivity index (χ0) is 17.3.